The van der Waals surface area contributed by atoms with Crippen LogP contribution in [0.2, 0.25) is 0 Å². The van der Waals surface area contributed by atoms with E-state index in [1.807, 2.05) is 6.92 Å². The molecule has 0 bridgehead atoms. The van der Waals surface area contributed by atoms with Gasteiger partial charge in [0.1, 0.15) is 6.04 Å². The number of nitrogens with one attached hydrogen (secondary N) is 2. The Kier molecular flexibility index (Phi) is 8.75. The Balaban J connectivity index is 1.20. The number of fused-ring (bicyclic) bond motifs is 1. The molecule has 2 saturated carbocycles. The summed E-state index contributed by atoms with van der Waals surface area (Å²) in [6.45, 7) is 6.01. The summed E-state index contributed by atoms with van der Waals surface area (Å²) < 4.78 is 28.0. The second-order valence-corrected chi connectivity index (χ2v) is 13.9. The number of sulfonamides is 1. The Morgan fingerprint density at radius 2 is 1.76 bits per heavy atom. The average molecular weight is 545 g/mol. The highest BCUT2D eigenvalue weighted by Gasteiger charge is 2.42. The molecule has 0 aromatic heterocycles. The maximum Gasteiger partial charge on any atom is 0.243 e. The van der Waals surface area contributed by atoms with Crippen LogP contribution in [0.25, 0.3) is 0 Å². The highest BCUT2D eigenvalue weighted by atomic mass is 32.2. The van der Waals surface area contributed by atoms with Crippen molar-refractivity contribution in [2.75, 3.05) is 32.7 Å². The van der Waals surface area contributed by atoms with Gasteiger partial charge >= 0.3 is 0 Å². The third kappa shape index (κ3) is 6.26. The fraction of sp³-hybridized carbons (Fsp3) is 0.724. The van der Waals surface area contributed by atoms with E-state index in [0.29, 0.717) is 11.8 Å². The third-order valence-corrected chi connectivity index (χ3v) is 11.3. The van der Waals surface area contributed by atoms with Crippen LogP contribution in [0.1, 0.15) is 69.8 Å². The summed E-state index contributed by atoms with van der Waals surface area (Å²) in [4.78, 5) is 28.9. The van der Waals surface area contributed by atoms with Gasteiger partial charge in [0.25, 0.3) is 0 Å². The molecule has 2 saturated heterocycles. The van der Waals surface area contributed by atoms with Crippen molar-refractivity contribution in [1.29, 1.82) is 0 Å². The van der Waals surface area contributed by atoms with E-state index in [9.17, 15) is 18.0 Å². The summed E-state index contributed by atoms with van der Waals surface area (Å²) in [5.74, 6) is 1.27. The van der Waals surface area contributed by atoms with Crippen LogP contribution in [0.4, 0.5) is 0 Å². The van der Waals surface area contributed by atoms with Crippen molar-refractivity contribution in [3.8, 4) is 0 Å². The second kappa shape index (κ2) is 12.0. The quantitative estimate of drug-likeness (QED) is 0.550. The molecule has 1 aromatic rings. The van der Waals surface area contributed by atoms with E-state index in [2.05, 4.69) is 15.5 Å². The van der Waals surface area contributed by atoms with Gasteiger partial charge in [-0.15, -0.1) is 0 Å². The molecular formula is C29H44N4O4S. The van der Waals surface area contributed by atoms with Crippen molar-refractivity contribution in [1.82, 2.24) is 19.8 Å². The number of hydrogen-bond donors (Lipinski definition) is 2. The van der Waals surface area contributed by atoms with Gasteiger partial charge in [-0.25, -0.2) is 8.42 Å². The van der Waals surface area contributed by atoms with E-state index in [0.717, 1.165) is 30.7 Å². The number of piperazine rings is 1. The van der Waals surface area contributed by atoms with Crippen molar-refractivity contribution < 1.29 is 18.0 Å². The molecule has 8 nitrogen and oxygen atoms in total. The fourth-order valence-corrected chi connectivity index (χ4v) is 8.96. The van der Waals surface area contributed by atoms with Crippen LogP contribution in [-0.2, 0) is 19.6 Å². The van der Waals surface area contributed by atoms with Crippen molar-refractivity contribution in [3.63, 3.8) is 0 Å². The van der Waals surface area contributed by atoms with Crippen LogP contribution in [-0.4, -0.2) is 74.2 Å². The maximum atomic E-state index is 13.4. The summed E-state index contributed by atoms with van der Waals surface area (Å²) in [6, 6.07) is 5.72. The number of carbonyl (C=O) groups is 2. The number of carbonyl (C=O) groups excluding carboxylic acids is 2. The molecule has 0 radical (unpaired) electrons. The van der Waals surface area contributed by atoms with Gasteiger partial charge in [0.05, 0.1) is 11.3 Å². The molecule has 38 heavy (non-hydrogen) atoms. The van der Waals surface area contributed by atoms with Gasteiger partial charge in [-0.1, -0.05) is 37.0 Å². The number of likely N-dealkylation sites (tertiary alicyclic amines) is 1. The minimum absolute atomic E-state index is 0.117. The lowest BCUT2D eigenvalue weighted by molar-refractivity contribution is -0.132. The first-order valence-electron chi connectivity index (χ1n) is 14.7. The minimum atomic E-state index is -3.89. The van der Waals surface area contributed by atoms with Gasteiger partial charge in [-0.3, -0.25) is 9.59 Å². The number of nitrogens with zero attached hydrogens (tertiary/aromatic N) is 2. The van der Waals surface area contributed by atoms with Crippen LogP contribution in [0, 0.1) is 24.7 Å². The number of rotatable bonds is 7. The molecule has 1 aromatic carbocycles. The first kappa shape index (κ1) is 27.6. The highest BCUT2D eigenvalue weighted by molar-refractivity contribution is 7.89. The summed E-state index contributed by atoms with van der Waals surface area (Å²) in [5, 5.41) is 6.01. The molecule has 5 atom stereocenters. The van der Waals surface area contributed by atoms with Crippen LogP contribution in [0.5, 0.6) is 0 Å². The monoisotopic (exact) mass is 544 g/mol. The molecular weight excluding hydrogens is 500 g/mol. The SMILES string of the molecule is Cc1ccc(S(=O)(=O)N2CCNC(=O)C2CC(=O)NC2CCCC3CC(CN4CCCCC4)CCC32)cc1. The predicted octanol–water partition coefficient (Wildman–Crippen LogP) is 3.06. The zero-order chi connectivity index (χ0) is 26.7. The molecule has 2 amide bonds. The molecule has 210 valence electrons. The molecule has 4 aliphatic rings. The normalized spacial score (nSPS) is 31.3. The van der Waals surface area contributed by atoms with E-state index in [1.54, 1.807) is 24.3 Å². The van der Waals surface area contributed by atoms with Gasteiger partial charge in [0.15, 0.2) is 0 Å². The number of amides is 2. The molecule has 5 unspecified atom stereocenters. The Hall–Kier alpha value is -1.97. The third-order valence-electron chi connectivity index (χ3n) is 9.36. The molecule has 2 heterocycles. The first-order chi connectivity index (χ1) is 18.3. The smallest absolute Gasteiger partial charge is 0.243 e. The zero-order valence-corrected chi connectivity index (χ0v) is 23.6. The van der Waals surface area contributed by atoms with E-state index < -0.39 is 22.0 Å². The molecule has 9 heteroatoms. The molecule has 2 N–H and O–H groups in total. The highest BCUT2D eigenvalue weighted by Crippen LogP contribution is 2.43. The zero-order valence-electron chi connectivity index (χ0n) is 22.7. The van der Waals surface area contributed by atoms with Gasteiger partial charge in [-0.2, -0.15) is 4.31 Å². The van der Waals surface area contributed by atoms with Crippen LogP contribution in [0.15, 0.2) is 29.2 Å². The molecule has 2 aliphatic carbocycles. The van der Waals surface area contributed by atoms with Crippen LogP contribution < -0.4 is 10.6 Å². The lowest BCUT2D eigenvalue weighted by Gasteiger charge is -2.45. The Labute approximate surface area is 228 Å². The van der Waals surface area contributed by atoms with Gasteiger partial charge in [-0.05, 0) is 88.4 Å². The molecule has 4 fully saturated rings. The van der Waals surface area contributed by atoms with Crippen molar-refractivity contribution >= 4 is 21.8 Å². The van der Waals surface area contributed by atoms with Gasteiger partial charge < -0.3 is 15.5 Å². The van der Waals surface area contributed by atoms with Gasteiger partial charge in [0, 0.05) is 25.7 Å². The number of aryl methyl sites for hydroxylation is 1. The topological polar surface area (TPSA) is 98.8 Å². The lowest BCUT2D eigenvalue weighted by atomic mass is 9.65. The summed E-state index contributed by atoms with van der Waals surface area (Å²) in [7, 11) is -3.89. The van der Waals surface area contributed by atoms with E-state index in [1.165, 1.54) is 62.5 Å². The average Bonchev–Trinajstić information content (AvgIpc) is 2.90. The van der Waals surface area contributed by atoms with E-state index in [-0.39, 0.29) is 36.4 Å². The summed E-state index contributed by atoms with van der Waals surface area (Å²) >= 11 is 0. The largest absolute Gasteiger partial charge is 0.353 e. The Morgan fingerprint density at radius 1 is 1.00 bits per heavy atom. The Morgan fingerprint density at radius 3 is 2.53 bits per heavy atom. The van der Waals surface area contributed by atoms with Crippen LogP contribution >= 0.6 is 0 Å². The van der Waals surface area contributed by atoms with Crippen molar-refractivity contribution in [3.05, 3.63) is 29.8 Å². The number of benzene rings is 1. The molecule has 5 rings (SSSR count). The van der Waals surface area contributed by atoms with E-state index >= 15 is 0 Å². The molecule has 0 spiro atoms. The first-order valence-corrected chi connectivity index (χ1v) is 16.1. The van der Waals surface area contributed by atoms with E-state index in [4.69, 9.17) is 0 Å². The summed E-state index contributed by atoms with van der Waals surface area (Å²) in [6.07, 6.45) is 10.8. The Bertz CT molecular complexity index is 1090. The predicted molar refractivity (Wildman–Crippen MR) is 147 cm³/mol. The van der Waals surface area contributed by atoms with Gasteiger partial charge in [0.2, 0.25) is 21.8 Å². The van der Waals surface area contributed by atoms with Crippen molar-refractivity contribution in [2.45, 2.75) is 88.1 Å². The van der Waals surface area contributed by atoms with Crippen molar-refractivity contribution in [2.24, 2.45) is 17.8 Å². The number of piperidine rings is 1. The standard InChI is InChI=1S/C29H44N4O4S/c1-21-8-11-24(12-9-21)38(36,37)33-17-14-30-29(35)27(33)19-28(34)31-26-7-5-6-23-18-22(10-13-25(23)26)20-32-15-3-2-4-16-32/h8-9,11-12,22-23,25-27H,2-7,10,13-20H2,1H3,(H,30,35)(H,31,34). The summed E-state index contributed by atoms with van der Waals surface area (Å²) in [5.41, 5.74) is 0.961. The number of hydrogen-bond acceptors (Lipinski definition) is 5. The lowest BCUT2D eigenvalue weighted by Crippen LogP contribution is -2.58. The second-order valence-electron chi connectivity index (χ2n) is 12.0. The fourth-order valence-electron chi connectivity index (χ4n) is 7.38. The minimum Gasteiger partial charge on any atom is -0.353 e. The maximum absolute atomic E-state index is 13.4. The van der Waals surface area contributed by atoms with Crippen LogP contribution in [0.3, 0.4) is 0 Å². The molecule has 2 aliphatic heterocycles.